The molecule has 0 bridgehead atoms. The molecule has 0 heterocycles. The zero-order valence-electron chi connectivity index (χ0n) is 15.3. The van der Waals surface area contributed by atoms with Gasteiger partial charge in [0.1, 0.15) is 12.4 Å². The molecule has 0 spiro atoms. The maximum atomic E-state index is 12.4. The monoisotopic (exact) mass is 508 g/mol. The molecule has 2 aromatic carbocycles. The third-order valence-electron chi connectivity index (χ3n) is 3.42. The van der Waals surface area contributed by atoms with Gasteiger partial charge in [-0.15, -0.1) is 6.42 Å². The second-order valence-corrected chi connectivity index (χ2v) is 7.07. The topological polar surface area (TPSA) is 69.2 Å². The van der Waals surface area contributed by atoms with Crippen molar-refractivity contribution in [2.45, 2.75) is 6.92 Å². The van der Waals surface area contributed by atoms with Gasteiger partial charge in [-0.25, -0.2) is 5.43 Å². The van der Waals surface area contributed by atoms with Crippen molar-refractivity contribution < 1.29 is 19.0 Å². The Morgan fingerprint density at radius 3 is 2.71 bits per heavy atom. The van der Waals surface area contributed by atoms with Gasteiger partial charge < -0.3 is 14.2 Å². The van der Waals surface area contributed by atoms with Crippen LogP contribution in [0.2, 0.25) is 0 Å². The smallest absolute Gasteiger partial charge is 0.275 e. The number of terminal acetylenes is 1. The number of hydrogen-bond acceptors (Lipinski definition) is 5. The fraction of sp³-hybridized carbons (Fsp3) is 0.200. The van der Waals surface area contributed by atoms with Crippen LogP contribution in [0.15, 0.2) is 44.4 Å². The summed E-state index contributed by atoms with van der Waals surface area (Å²) in [5.41, 5.74) is 3.55. The summed E-state index contributed by atoms with van der Waals surface area (Å²) in [6.45, 7) is 2.45. The van der Waals surface area contributed by atoms with Crippen molar-refractivity contribution in [1.29, 1.82) is 0 Å². The Morgan fingerprint density at radius 2 is 2.04 bits per heavy atom. The van der Waals surface area contributed by atoms with Crippen molar-refractivity contribution in [2.75, 3.05) is 20.3 Å². The highest BCUT2D eigenvalue weighted by Crippen LogP contribution is 2.36. The van der Waals surface area contributed by atoms with Crippen LogP contribution in [0, 0.1) is 12.3 Å². The average molecular weight is 510 g/mol. The van der Waals surface area contributed by atoms with Crippen LogP contribution in [0.5, 0.6) is 17.2 Å². The van der Waals surface area contributed by atoms with Gasteiger partial charge >= 0.3 is 0 Å². The number of hydrogen-bond donors (Lipinski definition) is 1. The molecule has 0 atom stereocenters. The summed E-state index contributed by atoms with van der Waals surface area (Å²) in [4.78, 5) is 12.4. The standard InChI is InChI=1S/C20H18Br2N2O4/c1-4-8-28-19-16(22)9-13(10-18(19)27-5-2)12-23-24-20(25)15-11-14(21)6-7-17(15)26-3/h1,6-7,9-12H,5,8H2,2-3H3,(H,24,25)/b23-12-. The van der Waals surface area contributed by atoms with E-state index in [2.05, 4.69) is 48.3 Å². The zero-order valence-corrected chi connectivity index (χ0v) is 18.5. The van der Waals surface area contributed by atoms with Crippen LogP contribution in [0.1, 0.15) is 22.8 Å². The normalized spacial score (nSPS) is 10.4. The van der Waals surface area contributed by atoms with Crippen LogP contribution in [0.25, 0.3) is 0 Å². The molecule has 1 N–H and O–H groups in total. The van der Waals surface area contributed by atoms with Gasteiger partial charge in [-0.2, -0.15) is 5.10 Å². The number of carbonyl (C=O) groups excluding carboxylic acids is 1. The lowest BCUT2D eigenvalue weighted by molar-refractivity contribution is 0.0952. The highest BCUT2D eigenvalue weighted by atomic mass is 79.9. The highest BCUT2D eigenvalue weighted by molar-refractivity contribution is 9.10. The average Bonchev–Trinajstić information content (AvgIpc) is 2.67. The summed E-state index contributed by atoms with van der Waals surface area (Å²) in [5.74, 6) is 3.51. The largest absolute Gasteiger partial charge is 0.496 e. The van der Waals surface area contributed by atoms with Crippen molar-refractivity contribution in [3.05, 3.63) is 50.4 Å². The highest BCUT2D eigenvalue weighted by Gasteiger charge is 2.13. The Balaban J connectivity index is 2.19. The minimum Gasteiger partial charge on any atom is -0.496 e. The van der Waals surface area contributed by atoms with Crippen molar-refractivity contribution in [3.63, 3.8) is 0 Å². The molecule has 0 saturated carbocycles. The summed E-state index contributed by atoms with van der Waals surface area (Å²) < 4.78 is 17.8. The summed E-state index contributed by atoms with van der Waals surface area (Å²) in [6, 6.07) is 8.67. The first kappa shape index (κ1) is 21.8. The molecule has 6 nitrogen and oxygen atoms in total. The third kappa shape index (κ3) is 5.75. The lowest BCUT2D eigenvalue weighted by Gasteiger charge is -2.13. The predicted octanol–water partition coefficient (Wildman–Crippen LogP) is 4.39. The number of halogens is 2. The van der Waals surface area contributed by atoms with Gasteiger partial charge in [0, 0.05) is 4.47 Å². The van der Waals surface area contributed by atoms with Crippen LogP contribution >= 0.6 is 31.9 Å². The number of hydrazone groups is 1. The van der Waals surface area contributed by atoms with Crippen LogP contribution < -0.4 is 19.6 Å². The first-order chi connectivity index (χ1) is 13.5. The molecule has 8 heteroatoms. The second kappa shape index (κ2) is 10.7. The fourth-order valence-electron chi connectivity index (χ4n) is 2.26. The minimum atomic E-state index is -0.396. The quantitative estimate of drug-likeness (QED) is 0.325. The van der Waals surface area contributed by atoms with E-state index in [0.29, 0.717) is 39.5 Å². The minimum absolute atomic E-state index is 0.122. The SMILES string of the molecule is C#CCOc1c(Br)cc(/C=N\NC(=O)c2cc(Br)ccc2OC)cc1OCC. The summed E-state index contributed by atoms with van der Waals surface area (Å²) >= 11 is 6.77. The zero-order chi connectivity index (χ0) is 20.5. The van der Waals surface area contributed by atoms with Crippen LogP contribution in [0.4, 0.5) is 0 Å². The van der Waals surface area contributed by atoms with Crippen LogP contribution in [-0.4, -0.2) is 32.4 Å². The predicted molar refractivity (Wildman–Crippen MR) is 115 cm³/mol. The molecule has 0 unspecified atom stereocenters. The molecule has 0 aliphatic carbocycles. The van der Waals surface area contributed by atoms with Gasteiger partial charge in [0.2, 0.25) is 0 Å². The number of nitrogens with zero attached hydrogens (tertiary/aromatic N) is 1. The molecule has 1 amide bonds. The molecular weight excluding hydrogens is 492 g/mol. The first-order valence-electron chi connectivity index (χ1n) is 8.19. The Morgan fingerprint density at radius 1 is 1.25 bits per heavy atom. The Bertz CT molecular complexity index is 923. The molecule has 28 heavy (non-hydrogen) atoms. The second-order valence-electron chi connectivity index (χ2n) is 5.30. The lowest BCUT2D eigenvalue weighted by Crippen LogP contribution is -2.18. The van der Waals surface area contributed by atoms with E-state index in [4.69, 9.17) is 20.6 Å². The Labute approximate surface area is 180 Å². The number of carbonyl (C=O) groups is 1. The maximum absolute atomic E-state index is 12.4. The summed E-state index contributed by atoms with van der Waals surface area (Å²) in [6.07, 6.45) is 6.75. The Hall–Kier alpha value is -2.50. The molecule has 0 aliphatic rings. The molecule has 2 rings (SSSR count). The van der Waals surface area contributed by atoms with Crippen molar-refractivity contribution in [2.24, 2.45) is 5.10 Å². The molecule has 0 aromatic heterocycles. The number of amides is 1. The van der Waals surface area contributed by atoms with Gasteiger partial charge in [0.05, 0.1) is 30.0 Å². The molecule has 2 aromatic rings. The number of nitrogens with one attached hydrogen (secondary N) is 1. The van der Waals surface area contributed by atoms with E-state index in [1.165, 1.54) is 13.3 Å². The molecule has 0 saturated heterocycles. The number of methoxy groups -OCH3 is 1. The number of rotatable bonds is 8. The molecule has 0 aliphatic heterocycles. The molecular formula is C20H18Br2N2O4. The van der Waals surface area contributed by atoms with E-state index in [9.17, 15) is 4.79 Å². The van der Waals surface area contributed by atoms with Crippen molar-refractivity contribution >= 4 is 44.0 Å². The van der Waals surface area contributed by atoms with Gasteiger partial charge in [-0.1, -0.05) is 21.9 Å². The van der Waals surface area contributed by atoms with Gasteiger partial charge in [-0.3, -0.25) is 4.79 Å². The lowest BCUT2D eigenvalue weighted by atomic mass is 10.2. The first-order valence-corrected chi connectivity index (χ1v) is 9.78. The fourth-order valence-corrected chi connectivity index (χ4v) is 3.20. The van der Waals surface area contributed by atoms with E-state index >= 15 is 0 Å². The van der Waals surface area contributed by atoms with E-state index in [1.54, 1.807) is 30.3 Å². The van der Waals surface area contributed by atoms with Gasteiger partial charge in [-0.05, 0) is 58.7 Å². The van der Waals surface area contributed by atoms with E-state index < -0.39 is 5.91 Å². The summed E-state index contributed by atoms with van der Waals surface area (Å²) in [7, 11) is 1.50. The Kier molecular flexibility index (Phi) is 8.36. The molecule has 0 radical (unpaired) electrons. The van der Waals surface area contributed by atoms with Gasteiger partial charge in [0.15, 0.2) is 11.5 Å². The molecule has 146 valence electrons. The van der Waals surface area contributed by atoms with Crippen LogP contribution in [-0.2, 0) is 0 Å². The van der Waals surface area contributed by atoms with E-state index in [-0.39, 0.29) is 6.61 Å². The number of ether oxygens (including phenoxy) is 3. The van der Waals surface area contributed by atoms with E-state index in [0.717, 1.165) is 4.47 Å². The van der Waals surface area contributed by atoms with E-state index in [1.807, 2.05) is 6.92 Å². The van der Waals surface area contributed by atoms with Crippen LogP contribution in [0.3, 0.4) is 0 Å². The van der Waals surface area contributed by atoms with Crippen molar-refractivity contribution in [3.8, 4) is 29.6 Å². The number of benzene rings is 2. The maximum Gasteiger partial charge on any atom is 0.275 e. The van der Waals surface area contributed by atoms with Crippen molar-refractivity contribution in [1.82, 2.24) is 5.43 Å². The summed E-state index contributed by atoms with van der Waals surface area (Å²) in [5, 5.41) is 4.01. The molecule has 0 fully saturated rings. The van der Waals surface area contributed by atoms with Gasteiger partial charge in [0.25, 0.3) is 5.91 Å². The third-order valence-corrected chi connectivity index (χ3v) is 4.50.